The van der Waals surface area contributed by atoms with Gasteiger partial charge in [0.2, 0.25) is 5.89 Å². The lowest BCUT2D eigenvalue weighted by atomic mass is 10.8. The van der Waals surface area contributed by atoms with Gasteiger partial charge in [-0.15, -0.1) is 5.10 Å². The largest absolute Gasteiger partial charge is 0.407 e. The molecule has 0 radical (unpaired) electrons. The third kappa shape index (κ3) is 1.60. The van der Waals surface area contributed by atoms with E-state index in [0.717, 1.165) is 5.75 Å². The summed E-state index contributed by atoms with van der Waals surface area (Å²) in [7, 11) is 0. The van der Waals surface area contributed by atoms with Crippen LogP contribution in [-0.4, -0.2) is 16.5 Å². The zero-order valence-electron chi connectivity index (χ0n) is 5.00. The minimum absolute atomic E-state index is 0.138. The molecule has 0 aliphatic heterocycles. The van der Waals surface area contributed by atoms with Crippen molar-refractivity contribution in [1.29, 1.82) is 0 Å². The second kappa shape index (κ2) is 2.72. The molecule has 1 rings (SSSR count). The van der Waals surface area contributed by atoms with E-state index < -0.39 is 0 Å². The highest BCUT2D eigenvalue weighted by Gasteiger charge is 1.98. The van der Waals surface area contributed by atoms with Crippen molar-refractivity contribution >= 4 is 17.8 Å². The number of rotatable bonds is 2. The first-order valence-corrected chi connectivity index (χ1v) is 3.79. The van der Waals surface area contributed by atoms with Gasteiger partial charge in [0.15, 0.2) is 0 Å². The van der Waals surface area contributed by atoms with Gasteiger partial charge >= 0.3 is 6.01 Å². The number of nitrogens with zero attached hydrogens (tertiary/aromatic N) is 2. The molecule has 0 fully saturated rings. The quantitative estimate of drug-likeness (QED) is 0.657. The Bertz CT molecular complexity index is 188. The van der Waals surface area contributed by atoms with E-state index in [-0.39, 0.29) is 6.01 Å². The van der Waals surface area contributed by atoms with Crippen LogP contribution in [0, 0.1) is 0 Å². The molecule has 0 bridgehead atoms. The van der Waals surface area contributed by atoms with Crippen molar-refractivity contribution in [2.45, 2.75) is 5.75 Å². The third-order valence-electron chi connectivity index (χ3n) is 0.750. The maximum atomic E-state index is 5.16. The number of hydrogen-bond acceptors (Lipinski definition) is 5. The van der Waals surface area contributed by atoms with Crippen molar-refractivity contribution in [2.75, 3.05) is 12.0 Å². The van der Waals surface area contributed by atoms with Crippen LogP contribution in [0.4, 0.5) is 6.01 Å². The van der Waals surface area contributed by atoms with Crippen molar-refractivity contribution in [2.24, 2.45) is 0 Å². The molecule has 2 N–H and O–H groups in total. The van der Waals surface area contributed by atoms with Crippen LogP contribution in [0.2, 0.25) is 0 Å². The fraction of sp³-hybridized carbons (Fsp3) is 0.500. The van der Waals surface area contributed by atoms with E-state index in [1.54, 1.807) is 11.8 Å². The molecule has 0 aromatic carbocycles. The monoisotopic (exact) mass is 145 g/mol. The zero-order chi connectivity index (χ0) is 6.69. The smallest absolute Gasteiger partial charge is 0.312 e. The van der Waals surface area contributed by atoms with Crippen molar-refractivity contribution in [1.82, 2.24) is 10.2 Å². The fourth-order valence-corrected chi connectivity index (χ4v) is 0.812. The van der Waals surface area contributed by atoms with Crippen LogP contribution in [0.1, 0.15) is 5.89 Å². The van der Waals surface area contributed by atoms with E-state index in [2.05, 4.69) is 10.2 Å². The van der Waals surface area contributed by atoms with Crippen LogP contribution in [0.5, 0.6) is 0 Å². The lowest BCUT2D eigenvalue weighted by Crippen LogP contribution is -1.81. The lowest BCUT2D eigenvalue weighted by Gasteiger charge is -1.83. The van der Waals surface area contributed by atoms with Crippen LogP contribution in [0.15, 0.2) is 4.42 Å². The molecular weight excluding hydrogens is 138 g/mol. The number of aromatic nitrogens is 2. The van der Waals surface area contributed by atoms with Gasteiger partial charge in [-0.1, -0.05) is 5.10 Å². The lowest BCUT2D eigenvalue weighted by molar-refractivity contribution is 0.533. The SMILES string of the molecule is CSCc1nnc(N)o1. The van der Waals surface area contributed by atoms with Gasteiger partial charge in [-0.25, -0.2) is 0 Å². The van der Waals surface area contributed by atoms with Gasteiger partial charge in [0.1, 0.15) is 0 Å². The topological polar surface area (TPSA) is 64.9 Å². The van der Waals surface area contributed by atoms with Crippen molar-refractivity contribution in [3.8, 4) is 0 Å². The first kappa shape index (κ1) is 6.41. The Hall–Kier alpha value is -0.710. The third-order valence-corrected chi connectivity index (χ3v) is 1.29. The van der Waals surface area contributed by atoms with E-state index in [1.165, 1.54) is 0 Å². The number of nitrogen functional groups attached to an aromatic ring is 1. The van der Waals surface area contributed by atoms with E-state index in [9.17, 15) is 0 Å². The molecule has 0 atom stereocenters. The van der Waals surface area contributed by atoms with Gasteiger partial charge in [-0.2, -0.15) is 11.8 Å². The van der Waals surface area contributed by atoms with Crippen molar-refractivity contribution in [3.63, 3.8) is 0 Å². The van der Waals surface area contributed by atoms with Gasteiger partial charge < -0.3 is 10.2 Å². The van der Waals surface area contributed by atoms with Crippen LogP contribution in [-0.2, 0) is 5.75 Å². The molecule has 5 heteroatoms. The van der Waals surface area contributed by atoms with Crippen molar-refractivity contribution < 1.29 is 4.42 Å². The van der Waals surface area contributed by atoms with Crippen LogP contribution < -0.4 is 5.73 Å². The van der Waals surface area contributed by atoms with Crippen LogP contribution in [0.3, 0.4) is 0 Å². The Morgan fingerprint density at radius 1 is 1.67 bits per heavy atom. The Labute approximate surface area is 56.8 Å². The first-order chi connectivity index (χ1) is 4.33. The van der Waals surface area contributed by atoms with Gasteiger partial charge in [0, 0.05) is 0 Å². The minimum atomic E-state index is 0.138. The summed E-state index contributed by atoms with van der Waals surface area (Å²) < 4.78 is 4.86. The Morgan fingerprint density at radius 3 is 2.89 bits per heavy atom. The van der Waals surface area contributed by atoms with E-state index in [0.29, 0.717) is 5.89 Å². The summed E-state index contributed by atoms with van der Waals surface area (Å²) >= 11 is 1.62. The molecule has 4 nitrogen and oxygen atoms in total. The van der Waals surface area contributed by atoms with E-state index >= 15 is 0 Å². The Balaban J connectivity index is 2.61. The average Bonchev–Trinajstić information content (AvgIpc) is 2.17. The number of thioether (sulfide) groups is 1. The molecular formula is C4H7N3OS. The summed E-state index contributed by atoms with van der Waals surface area (Å²) in [5, 5.41) is 7.13. The predicted octanol–water partition coefficient (Wildman–Crippen LogP) is 0.515. The zero-order valence-corrected chi connectivity index (χ0v) is 5.81. The summed E-state index contributed by atoms with van der Waals surface area (Å²) in [6, 6.07) is 0.138. The number of nitrogens with two attached hydrogens (primary N) is 1. The molecule has 1 aromatic heterocycles. The average molecular weight is 145 g/mol. The molecule has 0 saturated carbocycles. The van der Waals surface area contributed by atoms with Gasteiger partial charge in [0.25, 0.3) is 0 Å². The second-order valence-electron chi connectivity index (χ2n) is 1.47. The fourth-order valence-electron chi connectivity index (χ4n) is 0.448. The summed E-state index contributed by atoms with van der Waals surface area (Å²) in [6.07, 6.45) is 1.96. The molecule has 9 heavy (non-hydrogen) atoms. The standard InChI is InChI=1S/C4H7N3OS/c1-9-2-3-6-7-4(5)8-3/h2H2,1H3,(H2,5,7). The molecule has 0 spiro atoms. The molecule has 1 heterocycles. The Morgan fingerprint density at radius 2 is 2.44 bits per heavy atom. The molecule has 0 amide bonds. The summed E-state index contributed by atoms with van der Waals surface area (Å²) in [6.45, 7) is 0. The molecule has 0 saturated heterocycles. The van der Waals surface area contributed by atoms with E-state index in [4.69, 9.17) is 10.2 Å². The number of hydrogen-bond donors (Lipinski definition) is 1. The highest BCUT2D eigenvalue weighted by atomic mass is 32.2. The summed E-state index contributed by atoms with van der Waals surface area (Å²) in [5.74, 6) is 1.31. The maximum absolute atomic E-state index is 5.16. The van der Waals surface area contributed by atoms with Crippen LogP contribution in [0.25, 0.3) is 0 Å². The van der Waals surface area contributed by atoms with Gasteiger partial charge in [-0.05, 0) is 6.26 Å². The van der Waals surface area contributed by atoms with Gasteiger partial charge in [-0.3, -0.25) is 0 Å². The summed E-state index contributed by atoms with van der Waals surface area (Å²) in [4.78, 5) is 0. The molecule has 0 unspecified atom stereocenters. The molecule has 50 valence electrons. The van der Waals surface area contributed by atoms with E-state index in [1.807, 2.05) is 6.26 Å². The molecule has 0 aliphatic carbocycles. The van der Waals surface area contributed by atoms with Gasteiger partial charge in [0.05, 0.1) is 5.75 Å². The minimum Gasteiger partial charge on any atom is -0.407 e. The molecule has 1 aromatic rings. The highest BCUT2D eigenvalue weighted by Crippen LogP contribution is 2.07. The predicted molar refractivity (Wildman–Crippen MR) is 35.9 cm³/mol. The van der Waals surface area contributed by atoms with Crippen LogP contribution >= 0.6 is 11.8 Å². The Kier molecular flexibility index (Phi) is 1.94. The second-order valence-corrected chi connectivity index (χ2v) is 2.33. The highest BCUT2D eigenvalue weighted by molar-refractivity contribution is 7.97. The first-order valence-electron chi connectivity index (χ1n) is 2.39. The number of anilines is 1. The van der Waals surface area contributed by atoms with Crippen molar-refractivity contribution in [3.05, 3.63) is 5.89 Å². The summed E-state index contributed by atoms with van der Waals surface area (Å²) in [5.41, 5.74) is 5.16. The normalized spacial score (nSPS) is 9.89. The molecule has 0 aliphatic rings. The maximum Gasteiger partial charge on any atom is 0.312 e.